The third-order valence-electron chi connectivity index (χ3n) is 5.83. The molecule has 0 fully saturated rings. The van der Waals surface area contributed by atoms with Crippen LogP contribution in [0.15, 0.2) is 35.7 Å². The second-order valence-electron chi connectivity index (χ2n) is 8.04. The number of ether oxygens (including phenoxy) is 1. The van der Waals surface area contributed by atoms with E-state index in [2.05, 4.69) is 5.32 Å². The number of amides is 3. The molecule has 2 atom stereocenters. The van der Waals surface area contributed by atoms with Gasteiger partial charge in [-0.3, -0.25) is 4.79 Å². The monoisotopic (exact) mass is 461 g/mol. The fourth-order valence-corrected chi connectivity index (χ4v) is 4.75. The van der Waals surface area contributed by atoms with Gasteiger partial charge < -0.3 is 19.9 Å². The molecule has 8 heteroatoms. The van der Waals surface area contributed by atoms with E-state index in [0.717, 1.165) is 24.8 Å². The molecule has 1 aromatic carbocycles. The van der Waals surface area contributed by atoms with Crippen LogP contribution in [0.2, 0.25) is 0 Å². The van der Waals surface area contributed by atoms with Gasteiger partial charge in [-0.2, -0.15) is 0 Å². The molecule has 6 nitrogen and oxygen atoms in total. The van der Waals surface area contributed by atoms with E-state index >= 15 is 0 Å². The van der Waals surface area contributed by atoms with Crippen molar-refractivity contribution in [2.75, 3.05) is 26.2 Å². The summed E-state index contributed by atoms with van der Waals surface area (Å²) in [6.07, 6.45) is 2.37. The first-order chi connectivity index (χ1) is 15.4. The number of urea groups is 1. The molecule has 2 heterocycles. The number of benzene rings is 1. The number of carbonyl (C=O) groups is 2. The topological polar surface area (TPSA) is 61.9 Å². The van der Waals surface area contributed by atoms with Crippen molar-refractivity contribution in [3.63, 3.8) is 0 Å². The van der Waals surface area contributed by atoms with Crippen molar-refractivity contribution in [1.29, 1.82) is 0 Å². The number of nitrogens with one attached hydrogen (secondary N) is 1. The van der Waals surface area contributed by atoms with Gasteiger partial charge in [0.05, 0.1) is 6.04 Å². The molecule has 174 valence electrons. The Balaban J connectivity index is 1.76. The lowest BCUT2D eigenvalue weighted by Gasteiger charge is -2.38. The molecule has 1 N–H and O–H groups in total. The van der Waals surface area contributed by atoms with Gasteiger partial charge in [-0.1, -0.05) is 19.9 Å². The minimum atomic E-state index is -0.363. The van der Waals surface area contributed by atoms with E-state index in [0.29, 0.717) is 18.8 Å². The maximum atomic E-state index is 13.6. The maximum Gasteiger partial charge on any atom is 0.318 e. The largest absolute Gasteiger partial charge is 0.491 e. The Hall–Kier alpha value is -2.61. The summed E-state index contributed by atoms with van der Waals surface area (Å²) in [6, 6.07) is 7.49. The van der Waals surface area contributed by atoms with Crippen LogP contribution in [0.3, 0.4) is 0 Å². The normalized spacial score (nSPS) is 16.2. The average molecular weight is 462 g/mol. The zero-order valence-corrected chi connectivity index (χ0v) is 19.8. The third kappa shape index (κ3) is 5.79. The van der Waals surface area contributed by atoms with Crippen molar-refractivity contribution in [2.45, 2.75) is 52.1 Å². The van der Waals surface area contributed by atoms with E-state index in [9.17, 15) is 14.0 Å². The second-order valence-corrected chi connectivity index (χ2v) is 9.04. The Morgan fingerprint density at radius 3 is 2.88 bits per heavy atom. The molecule has 3 rings (SSSR count). The number of hydrogen-bond donors (Lipinski definition) is 1. The van der Waals surface area contributed by atoms with Crippen LogP contribution in [-0.2, 0) is 11.2 Å². The second kappa shape index (κ2) is 11.3. The Morgan fingerprint density at radius 2 is 2.16 bits per heavy atom. The number of hydrogen-bond acceptors (Lipinski definition) is 4. The summed E-state index contributed by atoms with van der Waals surface area (Å²) in [4.78, 5) is 30.8. The molecule has 0 spiro atoms. The van der Waals surface area contributed by atoms with Gasteiger partial charge in [0.15, 0.2) is 0 Å². The zero-order chi connectivity index (χ0) is 23.1. The molecule has 1 aliphatic heterocycles. The highest BCUT2D eigenvalue weighted by Crippen LogP contribution is 2.34. The molecular formula is C24H32FN3O3S. The van der Waals surface area contributed by atoms with Crippen LogP contribution in [0.5, 0.6) is 5.75 Å². The highest BCUT2D eigenvalue weighted by molar-refractivity contribution is 7.10. The number of rotatable bonds is 9. The van der Waals surface area contributed by atoms with Gasteiger partial charge in [-0.05, 0) is 55.3 Å². The van der Waals surface area contributed by atoms with Crippen LogP contribution in [0.4, 0.5) is 9.18 Å². The molecule has 1 aromatic heterocycles. The van der Waals surface area contributed by atoms with E-state index in [-0.39, 0.29) is 43.0 Å². The van der Waals surface area contributed by atoms with E-state index in [1.165, 1.54) is 17.0 Å². The first-order valence-electron chi connectivity index (χ1n) is 11.2. The summed E-state index contributed by atoms with van der Waals surface area (Å²) in [5, 5.41) is 4.91. The molecule has 0 saturated heterocycles. The van der Waals surface area contributed by atoms with E-state index in [1.54, 1.807) is 33.3 Å². The van der Waals surface area contributed by atoms with Gasteiger partial charge in [-0.15, -0.1) is 11.3 Å². The van der Waals surface area contributed by atoms with Gasteiger partial charge in [0.25, 0.3) is 0 Å². The molecule has 1 aliphatic rings. The van der Waals surface area contributed by atoms with Crippen molar-refractivity contribution in [1.82, 2.24) is 15.1 Å². The molecule has 3 amide bonds. The lowest BCUT2D eigenvalue weighted by molar-refractivity contribution is -0.135. The van der Waals surface area contributed by atoms with Crippen molar-refractivity contribution in [3.8, 4) is 5.75 Å². The van der Waals surface area contributed by atoms with Crippen molar-refractivity contribution >= 4 is 23.3 Å². The summed E-state index contributed by atoms with van der Waals surface area (Å²) < 4.78 is 19.4. The van der Waals surface area contributed by atoms with Crippen molar-refractivity contribution in [2.24, 2.45) is 0 Å². The fraction of sp³-hybridized carbons (Fsp3) is 0.500. The summed E-state index contributed by atoms with van der Waals surface area (Å²) in [5.74, 6) is -0.0425. The molecule has 32 heavy (non-hydrogen) atoms. The molecule has 0 unspecified atom stereocenters. The average Bonchev–Trinajstić information content (AvgIpc) is 3.28. The molecule has 0 radical (unpaired) electrons. The van der Waals surface area contributed by atoms with Gasteiger partial charge in [-0.25, -0.2) is 9.18 Å². The Morgan fingerprint density at radius 1 is 1.34 bits per heavy atom. The predicted molar refractivity (Wildman–Crippen MR) is 125 cm³/mol. The molecule has 0 aliphatic carbocycles. The van der Waals surface area contributed by atoms with Crippen LogP contribution in [0.1, 0.15) is 50.1 Å². The molecular weight excluding hydrogens is 429 g/mol. The number of fused-ring (bicyclic) bond motifs is 1. The van der Waals surface area contributed by atoms with E-state index < -0.39 is 0 Å². The summed E-state index contributed by atoms with van der Waals surface area (Å²) in [7, 11) is 0. The predicted octanol–water partition coefficient (Wildman–Crippen LogP) is 4.61. The summed E-state index contributed by atoms with van der Waals surface area (Å²) in [6.45, 7) is 7.33. The SMILES string of the molecule is CCCNC(=O)N(CC(=O)N1CCc2sccc2[C@H]1COc1cccc(F)c1)[C@@H](C)CC. The Kier molecular flexibility index (Phi) is 8.50. The lowest BCUT2D eigenvalue weighted by Crippen LogP contribution is -2.52. The maximum absolute atomic E-state index is 13.6. The van der Waals surface area contributed by atoms with Crippen LogP contribution >= 0.6 is 11.3 Å². The number of nitrogens with zero attached hydrogens (tertiary/aromatic N) is 2. The Bertz CT molecular complexity index is 919. The zero-order valence-electron chi connectivity index (χ0n) is 19.0. The molecule has 0 bridgehead atoms. The van der Waals surface area contributed by atoms with Crippen molar-refractivity contribution in [3.05, 3.63) is 52.0 Å². The lowest BCUT2D eigenvalue weighted by atomic mass is 10.00. The van der Waals surface area contributed by atoms with Gasteiger partial charge in [0.1, 0.15) is 24.7 Å². The van der Waals surface area contributed by atoms with Gasteiger partial charge in [0.2, 0.25) is 5.91 Å². The minimum Gasteiger partial charge on any atom is -0.491 e. The highest BCUT2D eigenvalue weighted by Gasteiger charge is 2.34. The quantitative estimate of drug-likeness (QED) is 0.593. The van der Waals surface area contributed by atoms with Crippen molar-refractivity contribution < 1.29 is 18.7 Å². The first kappa shape index (κ1) is 24.0. The first-order valence-corrected chi connectivity index (χ1v) is 12.1. The highest BCUT2D eigenvalue weighted by atomic mass is 32.1. The summed E-state index contributed by atoms with van der Waals surface area (Å²) in [5.41, 5.74) is 1.07. The third-order valence-corrected chi connectivity index (χ3v) is 6.83. The fourth-order valence-electron chi connectivity index (χ4n) is 3.82. The van der Waals surface area contributed by atoms with E-state index in [4.69, 9.17) is 4.74 Å². The Labute approximate surface area is 193 Å². The number of halogens is 1. The number of carbonyl (C=O) groups excluding carboxylic acids is 2. The molecule has 0 saturated carbocycles. The van der Waals surface area contributed by atoms with E-state index in [1.807, 2.05) is 32.2 Å². The smallest absolute Gasteiger partial charge is 0.318 e. The molecule has 2 aromatic rings. The minimum absolute atomic E-state index is 0.0144. The van der Waals surface area contributed by atoms with Crippen LogP contribution in [-0.4, -0.2) is 54.0 Å². The summed E-state index contributed by atoms with van der Waals surface area (Å²) >= 11 is 1.68. The van der Waals surface area contributed by atoms with Gasteiger partial charge in [0, 0.05) is 30.1 Å². The number of thiophene rings is 1. The standard InChI is InChI=1S/C24H32FN3O3S/c1-4-11-26-24(30)28(17(3)5-2)15-23(29)27-12-9-22-20(10-13-32-22)21(27)16-31-19-8-6-7-18(25)14-19/h6-8,10,13-14,17,21H,4-5,9,11-12,15-16H2,1-3H3,(H,26,30)/t17-,21+/m0/s1. The van der Waals surface area contributed by atoms with Gasteiger partial charge >= 0.3 is 6.03 Å². The van der Waals surface area contributed by atoms with Crippen LogP contribution < -0.4 is 10.1 Å². The van der Waals surface area contributed by atoms with Crippen LogP contribution in [0.25, 0.3) is 0 Å². The van der Waals surface area contributed by atoms with Crippen LogP contribution in [0, 0.1) is 5.82 Å².